The maximum atomic E-state index is 11.3. The molecule has 12 heavy (non-hydrogen) atoms. The maximum Gasteiger partial charge on any atom is 0.222 e. The molecule has 1 aliphatic rings. The van der Waals surface area contributed by atoms with E-state index in [2.05, 4.69) is 6.92 Å². The summed E-state index contributed by atoms with van der Waals surface area (Å²) in [7, 11) is 0. The van der Waals surface area contributed by atoms with Crippen LogP contribution in [0.25, 0.3) is 0 Å². The lowest BCUT2D eigenvalue weighted by Crippen LogP contribution is -2.35. The van der Waals surface area contributed by atoms with Crippen molar-refractivity contribution >= 4 is 5.91 Å². The van der Waals surface area contributed by atoms with Gasteiger partial charge in [0.15, 0.2) is 0 Å². The highest BCUT2D eigenvalue weighted by Crippen LogP contribution is 2.11. The van der Waals surface area contributed by atoms with Crippen molar-refractivity contribution in [1.82, 2.24) is 4.90 Å². The lowest BCUT2D eigenvalue weighted by Gasteiger charge is -2.26. The van der Waals surface area contributed by atoms with Gasteiger partial charge >= 0.3 is 0 Å². The molecule has 0 radical (unpaired) electrons. The molecule has 1 saturated heterocycles. The number of nitrogens with zero attached hydrogens (tertiary/aromatic N) is 1. The van der Waals surface area contributed by atoms with Crippen molar-refractivity contribution in [3.05, 3.63) is 0 Å². The number of rotatable bonds is 4. The van der Waals surface area contributed by atoms with E-state index in [0.717, 1.165) is 25.9 Å². The number of hydrogen-bond donors (Lipinski definition) is 0. The summed E-state index contributed by atoms with van der Waals surface area (Å²) < 4.78 is 0. The van der Waals surface area contributed by atoms with Crippen molar-refractivity contribution < 1.29 is 4.79 Å². The molecule has 0 aromatic carbocycles. The van der Waals surface area contributed by atoms with Crippen LogP contribution in [0.3, 0.4) is 0 Å². The molecule has 0 saturated carbocycles. The van der Waals surface area contributed by atoms with Crippen molar-refractivity contribution in [3.63, 3.8) is 0 Å². The van der Waals surface area contributed by atoms with Crippen LogP contribution in [0.5, 0.6) is 0 Å². The molecule has 0 aromatic rings. The summed E-state index contributed by atoms with van der Waals surface area (Å²) in [6.45, 7) is 4.19. The zero-order valence-corrected chi connectivity index (χ0v) is 8.01. The Kier molecular flexibility index (Phi) is 4.12. The van der Waals surface area contributed by atoms with Gasteiger partial charge in [0, 0.05) is 19.5 Å². The Morgan fingerprint density at radius 2 is 2.17 bits per heavy atom. The van der Waals surface area contributed by atoms with E-state index in [1.807, 2.05) is 4.90 Å². The van der Waals surface area contributed by atoms with Gasteiger partial charge in [0.2, 0.25) is 5.91 Å². The second-order valence-electron chi connectivity index (χ2n) is 3.55. The zero-order chi connectivity index (χ0) is 8.81. The van der Waals surface area contributed by atoms with Crippen LogP contribution in [0.2, 0.25) is 0 Å². The highest BCUT2D eigenvalue weighted by Gasteiger charge is 2.16. The summed E-state index contributed by atoms with van der Waals surface area (Å²) >= 11 is 0. The third kappa shape index (κ3) is 2.84. The van der Waals surface area contributed by atoms with E-state index in [4.69, 9.17) is 0 Å². The van der Waals surface area contributed by atoms with E-state index >= 15 is 0 Å². The molecule has 0 spiro atoms. The quantitative estimate of drug-likeness (QED) is 0.591. The molecule has 0 bridgehead atoms. The third-order valence-corrected chi connectivity index (χ3v) is 2.45. The average molecular weight is 169 g/mol. The average Bonchev–Trinajstić information content (AvgIpc) is 2.09. The molecule has 1 amide bonds. The van der Waals surface area contributed by atoms with Crippen molar-refractivity contribution in [1.29, 1.82) is 0 Å². The summed E-state index contributed by atoms with van der Waals surface area (Å²) in [5, 5.41) is 0. The SMILES string of the molecule is CCCCCN1CCCCC1=O. The standard InChI is InChI=1S/C10H19NO/c1-2-3-5-8-11-9-6-4-7-10(11)12/h2-9H2,1H3. The lowest BCUT2D eigenvalue weighted by molar-refractivity contribution is -0.133. The Morgan fingerprint density at radius 1 is 1.33 bits per heavy atom. The van der Waals surface area contributed by atoms with Gasteiger partial charge in [-0.15, -0.1) is 0 Å². The first kappa shape index (κ1) is 9.56. The second-order valence-corrected chi connectivity index (χ2v) is 3.55. The van der Waals surface area contributed by atoms with Gasteiger partial charge in [0.1, 0.15) is 0 Å². The molecule has 0 N–H and O–H groups in total. The highest BCUT2D eigenvalue weighted by molar-refractivity contribution is 5.76. The van der Waals surface area contributed by atoms with Gasteiger partial charge in [-0.25, -0.2) is 0 Å². The number of hydrogen-bond acceptors (Lipinski definition) is 1. The minimum atomic E-state index is 0.373. The third-order valence-electron chi connectivity index (χ3n) is 2.45. The maximum absolute atomic E-state index is 11.3. The summed E-state index contributed by atoms with van der Waals surface area (Å²) in [5.74, 6) is 0.373. The van der Waals surface area contributed by atoms with Crippen LogP contribution in [-0.2, 0) is 4.79 Å². The zero-order valence-electron chi connectivity index (χ0n) is 8.01. The molecule has 0 unspecified atom stereocenters. The summed E-state index contributed by atoms with van der Waals surface area (Å²) in [6, 6.07) is 0. The lowest BCUT2D eigenvalue weighted by atomic mass is 10.1. The molecule has 2 nitrogen and oxygen atoms in total. The van der Waals surface area contributed by atoms with Gasteiger partial charge in [0.25, 0.3) is 0 Å². The summed E-state index contributed by atoms with van der Waals surface area (Å²) in [4.78, 5) is 13.3. The van der Waals surface area contributed by atoms with Gasteiger partial charge in [-0.05, 0) is 19.3 Å². The predicted octanol–water partition coefficient (Wildman–Crippen LogP) is 2.19. The van der Waals surface area contributed by atoms with Crippen LogP contribution in [-0.4, -0.2) is 23.9 Å². The van der Waals surface area contributed by atoms with Crippen LogP contribution in [0, 0.1) is 0 Å². The van der Waals surface area contributed by atoms with E-state index < -0.39 is 0 Å². The topological polar surface area (TPSA) is 20.3 Å². The number of amides is 1. The van der Waals surface area contributed by atoms with E-state index in [1.165, 1.54) is 25.7 Å². The fourth-order valence-electron chi connectivity index (χ4n) is 1.65. The molecule has 2 heteroatoms. The monoisotopic (exact) mass is 169 g/mol. The fraction of sp³-hybridized carbons (Fsp3) is 0.900. The fourth-order valence-corrected chi connectivity index (χ4v) is 1.65. The van der Waals surface area contributed by atoms with E-state index in [0.29, 0.717) is 5.91 Å². The number of carbonyl (C=O) groups is 1. The first-order chi connectivity index (χ1) is 5.84. The van der Waals surface area contributed by atoms with Crippen LogP contribution < -0.4 is 0 Å². The smallest absolute Gasteiger partial charge is 0.222 e. The predicted molar refractivity (Wildman–Crippen MR) is 50.0 cm³/mol. The van der Waals surface area contributed by atoms with Gasteiger partial charge in [0.05, 0.1) is 0 Å². The molecule has 0 atom stereocenters. The molecule has 70 valence electrons. The minimum absolute atomic E-state index is 0.373. The Labute approximate surface area is 74.9 Å². The van der Waals surface area contributed by atoms with Crippen molar-refractivity contribution in [2.75, 3.05) is 13.1 Å². The first-order valence-corrected chi connectivity index (χ1v) is 5.12. The summed E-state index contributed by atoms with van der Waals surface area (Å²) in [5.41, 5.74) is 0. The van der Waals surface area contributed by atoms with E-state index in [9.17, 15) is 4.79 Å². The van der Waals surface area contributed by atoms with Crippen LogP contribution >= 0.6 is 0 Å². The van der Waals surface area contributed by atoms with E-state index in [-0.39, 0.29) is 0 Å². The molecule has 0 aromatic heterocycles. The Balaban J connectivity index is 2.16. The molecule has 1 rings (SSSR count). The van der Waals surface area contributed by atoms with Crippen molar-refractivity contribution in [3.8, 4) is 0 Å². The Bertz CT molecular complexity index is 145. The Hall–Kier alpha value is -0.530. The molecule has 1 aliphatic heterocycles. The number of likely N-dealkylation sites (tertiary alicyclic amines) is 1. The first-order valence-electron chi connectivity index (χ1n) is 5.12. The van der Waals surface area contributed by atoms with Gasteiger partial charge < -0.3 is 4.90 Å². The molecule has 1 fully saturated rings. The Morgan fingerprint density at radius 3 is 2.83 bits per heavy atom. The van der Waals surface area contributed by atoms with Gasteiger partial charge in [-0.3, -0.25) is 4.79 Å². The number of piperidine rings is 1. The van der Waals surface area contributed by atoms with Crippen LogP contribution in [0.4, 0.5) is 0 Å². The molecule has 0 aliphatic carbocycles. The van der Waals surface area contributed by atoms with Crippen LogP contribution in [0.1, 0.15) is 45.4 Å². The number of carbonyl (C=O) groups excluding carboxylic acids is 1. The van der Waals surface area contributed by atoms with Crippen LogP contribution in [0.15, 0.2) is 0 Å². The van der Waals surface area contributed by atoms with Crippen molar-refractivity contribution in [2.45, 2.75) is 45.4 Å². The molecular formula is C10H19NO. The minimum Gasteiger partial charge on any atom is -0.343 e. The van der Waals surface area contributed by atoms with Gasteiger partial charge in [-0.2, -0.15) is 0 Å². The molecular weight excluding hydrogens is 150 g/mol. The number of unbranched alkanes of at least 4 members (excludes halogenated alkanes) is 2. The largest absolute Gasteiger partial charge is 0.343 e. The normalized spacial score (nSPS) is 18.4. The second kappa shape index (κ2) is 5.18. The van der Waals surface area contributed by atoms with Crippen molar-refractivity contribution in [2.24, 2.45) is 0 Å². The summed E-state index contributed by atoms with van der Waals surface area (Å²) in [6.07, 6.45) is 6.77. The van der Waals surface area contributed by atoms with Gasteiger partial charge in [-0.1, -0.05) is 19.8 Å². The van der Waals surface area contributed by atoms with E-state index in [1.54, 1.807) is 0 Å². The molecule has 1 heterocycles. The highest BCUT2D eigenvalue weighted by atomic mass is 16.2.